The van der Waals surface area contributed by atoms with Gasteiger partial charge in [-0.05, 0) is 80.2 Å². The highest BCUT2D eigenvalue weighted by Gasteiger charge is 2.24. The molecule has 1 aliphatic rings. The zero-order chi connectivity index (χ0) is 26.4. The van der Waals surface area contributed by atoms with Gasteiger partial charge in [0.1, 0.15) is 5.78 Å². The maximum absolute atomic E-state index is 11.2. The average Bonchev–Trinajstić information content (AvgIpc) is 3.42. The van der Waals surface area contributed by atoms with Gasteiger partial charge in [-0.2, -0.15) is 0 Å². The topological polar surface area (TPSA) is 34.0 Å². The molecule has 36 heavy (non-hydrogen) atoms. The van der Waals surface area contributed by atoms with Gasteiger partial charge >= 0.3 is 0 Å². The maximum atomic E-state index is 11.2. The van der Waals surface area contributed by atoms with E-state index in [1.54, 1.807) is 12.5 Å². The third-order valence-electron chi connectivity index (χ3n) is 7.55. The van der Waals surface area contributed by atoms with Crippen LogP contribution in [-0.2, 0) is 17.8 Å². The van der Waals surface area contributed by atoms with Crippen LogP contribution in [0.1, 0.15) is 82.2 Å². The molecule has 192 valence electrons. The van der Waals surface area contributed by atoms with Crippen LogP contribution in [0.25, 0.3) is 16.5 Å². The fraction of sp³-hybridized carbons (Fsp3) is 0.424. The number of hydrogen-bond donors (Lipinski definition) is 1. The summed E-state index contributed by atoms with van der Waals surface area (Å²) in [5, 5.41) is 4.86. The number of aromatic nitrogens is 1. The number of rotatable bonds is 9. The summed E-state index contributed by atoms with van der Waals surface area (Å²) in [6, 6.07) is 15.2. The van der Waals surface area contributed by atoms with Crippen LogP contribution in [0, 0.1) is 18.8 Å². The van der Waals surface area contributed by atoms with Gasteiger partial charge in [0, 0.05) is 28.4 Å². The van der Waals surface area contributed by atoms with Crippen LogP contribution in [0.5, 0.6) is 0 Å². The summed E-state index contributed by atoms with van der Waals surface area (Å²) in [5.74, 6) is 1.49. The van der Waals surface area contributed by atoms with E-state index in [9.17, 15) is 4.79 Å². The molecule has 1 heterocycles. The van der Waals surface area contributed by atoms with Gasteiger partial charge in [0.25, 0.3) is 0 Å². The van der Waals surface area contributed by atoms with Crippen molar-refractivity contribution in [2.45, 2.75) is 79.8 Å². The molecule has 0 saturated heterocycles. The number of benzene rings is 2. The highest BCUT2D eigenvalue weighted by atomic mass is 16.1. The van der Waals surface area contributed by atoms with Crippen LogP contribution in [0.2, 0.25) is 0 Å². The lowest BCUT2D eigenvalue weighted by Crippen LogP contribution is -2.23. The van der Waals surface area contributed by atoms with Crippen molar-refractivity contribution in [2.75, 3.05) is 0 Å². The Morgan fingerprint density at radius 1 is 1.11 bits per heavy atom. The second-order valence-electron chi connectivity index (χ2n) is 10.7. The van der Waals surface area contributed by atoms with Crippen molar-refractivity contribution in [3.8, 4) is 0 Å². The van der Waals surface area contributed by atoms with Gasteiger partial charge in [0.15, 0.2) is 0 Å². The van der Waals surface area contributed by atoms with E-state index in [0.29, 0.717) is 18.5 Å². The van der Waals surface area contributed by atoms with E-state index < -0.39 is 0 Å². The summed E-state index contributed by atoms with van der Waals surface area (Å²) in [5.41, 5.74) is 8.93. The molecule has 0 bridgehead atoms. The maximum Gasteiger partial charge on any atom is 0.149 e. The number of carbonyl (C=O) groups is 1. The minimum absolute atomic E-state index is 0.161. The predicted octanol–water partition coefficient (Wildman–Crippen LogP) is 8.42. The molecule has 4 rings (SSSR count). The largest absolute Gasteiger partial charge is 0.382 e. The highest BCUT2D eigenvalue weighted by Crippen LogP contribution is 2.34. The minimum atomic E-state index is 0.161. The van der Waals surface area contributed by atoms with E-state index >= 15 is 0 Å². The summed E-state index contributed by atoms with van der Waals surface area (Å²) in [6.45, 7) is 21.4. The first kappa shape index (κ1) is 27.5. The molecular formula is C33H44N2O. The van der Waals surface area contributed by atoms with E-state index in [-0.39, 0.29) is 5.78 Å². The molecule has 3 nitrogen and oxygen atoms in total. The third-order valence-corrected chi connectivity index (χ3v) is 7.55. The van der Waals surface area contributed by atoms with Crippen molar-refractivity contribution in [3.63, 3.8) is 0 Å². The van der Waals surface area contributed by atoms with Crippen LogP contribution in [0.4, 0.5) is 0 Å². The van der Waals surface area contributed by atoms with Gasteiger partial charge in [-0.15, -0.1) is 0 Å². The second kappa shape index (κ2) is 12.3. The van der Waals surface area contributed by atoms with Gasteiger partial charge in [-0.3, -0.25) is 4.79 Å². The second-order valence-corrected chi connectivity index (χ2v) is 10.7. The number of para-hydroxylation sites is 1. The summed E-state index contributed by atoms with van der Waals surface area (Å²) in [6.07, 6.45) is 6.90. The first-order valence-electron chi connectivity index (χ1n) is 13.4. The van der Waals surface area contributed by atoms with Crippen molar-refractivity contribution in [3.05, 3.63) is 89.8 Å². The number of Topliss-reactive ketones (excluding diaryl/α,β-unsaturated/α-hetero) is 1. The number of ketones is 1. The quantitative estimate of drug-likeness (QED) is 0.331. The lowest BCUT2D eigenvalue weighted by Gasteiger charge is -2.24. The number of hydrogen-bond acceptors (Lipinski definition) is 2. The zero-order valence-corrected chi connectivity index (χ0v) is 23.2. The Labute approximate surface area is 218 Å². The smallest absolute Gasteiger partial charge is 0.149 e. The monoisotopic (exact) mass is 484 g/mol. The molecule has 0 amide bonds. The van der Waals surface area contributed by atoms with Gasteiger partial charge in [0.05, 0.1) is 12.6 Å². The molecule has 1 aromatic heterocycles. The van der Waals surface area contributed by atoms with Crippen LogP contribution in [0.3, 0.4) is 0 Å². The Hall–Kier alpha value is -3.07. The van der Waals surface area contributed by atoms with Crippen LogP contribution < -0.4 is 5.32 Å². The number of nitrogens with zero attached hydrogens (tertiary/aromatic N) is 1. The lowest BCUT2D eigenvalue weighted by atomic mass is 9.93. The standard InChI is InChI=1S/C19H29N.C14H15NO/c1-6-13(2)12-15(4)16(5)20-19-11-10-17-14(3)8-7-9-18(17)19;1-10(2)13-9-15(8-11(3)16)14-7-5-4-6-12(13)14/h7-9,13,15,19-20H,5-6,10-12H2,1-4H3;4-7,9H,1,8H2,2-3H3/t13-,15?,19?;/m0./s1. The van der Waals surface area contributed by atoms with Gasteiger partial charge in [0.2, 0.25) is 0 Å². The van der Waals surface area contributed by atoms with Crippen LogP contribution >= 0.6 is 0 Å². The van der Waals surface area contributed by atoms with Gasteiger partial charge in [-0.25, -0.2) is 0 Å². The summed E-state index contributed by atoms with van der Waals surface area (Å²) < 4.78 is 1.99. The highest BCUT2D eigenvalue weighted by molar-refractivity contribution is 5.93. The molecule has 0 saturated carbocycles. The molecule has 3 atom stereocenters. The molecule has 0 spiro atoms. The van der Waals surface area contributed by atoms with Crippen molar-refractivity contribution in [2.24, 2.45) is 11.8 Å². The number of aryl methyl sites for hydroxylation is 1. The van der Waals surface area contributed by atoms with E-state index in [1.165, 1.54) is 42.5 Å². The summed E-state index contributed by atoms with van der Waals surface area (Å²) >= 11 is 0. The van der Waals surface area contributed by atoms with Crippen molar-refractivity contribution >= 4 is 22.3 Å². The van der Waals surface area contributed by atoms with E-state index in [2.05, 4.69) is 70.4 Å². The Morgan fingerprint density at radius 2 is 1.83 bits per heavy atom. The first-order chi connectivity index (χ1) is 17.1. The van der Waals surface area contributed by atoms with Crippen molar-refractivity contribution < 1.29 is 4.79 Å². The number of carbonyl (C=O) groups excluding carboxylic acids is 1. The van der Waals surface area contributed by atoms with E-state index in [4.69, 9.17) is 0 Å². The Bertz CT molecular complexity index is 1230. The molecule has 2 aromatic carbocycles. The minimum Gasteiger partial charge on any atom is -0.382 e. The first-order valence-corrected chi connectivity index (χ1v) is 13.4. The SMILES string of the molecule is C=C(C)c1cn(CC(C)=O)c2ccccc12.C=C(NC1CCc2c(C)cccc21)C(C)C[C@@H](C)CC. The summed E-state index contributed by atoms with van der Waals surface area (Å²) in [4.78, 5) is 11.2. The molecule has 2 unspecified atom stereocenters. The molecule has 1 N–H and O–H groups in total. The van der Waals surface area contributed by atoms with Crippen molar-refractivity contribution in [1.29, 1.82) is 0 Å². The molecule has 1 aliphatic carbocycles. The molecule has 3 heteroatoms. The Kier molecular flexibility index (Phi) is 9.37. The molecule has 0 radical (unpaired) electrons. The van der Waals surface area contributed by atoms with E-state index in [1.807, 2.05) is 35.9 Å². The average molecular weight is 485 g/mol. The Morgan fingerprint density at radius 3 is 2.50 bits per heavy atom. The van der Waals surface area contributed by atoms with Gasteiger partial charge < -0.3 is 9.88 Å². The zero-order valence-electron chi connectivity index (χ0n) is 23.2. The molecule has 0 aliphatic heterocycles. The van der Waals surface area contributed by atoms with Gasteiger partial charge in [-0.1, -0.05) is 76.7 Å². The van der Waals surface area contributed by atoms with Crippen LogP contribution in [0.15, 0.2) is 67.5 Å². The number of nitrogens with one attached hydrogen (secondary N) is 1. The summed E-state index contributed by atoms with van der Waals surface area (Å²) in [7, 11) is 0. The molecule has 0 fully saturated rings. The van der Waals surface area contributed by atoms with E-state index in [0.717, 1.165) is 28.0 Å². The fourth-order valence-electron chi connectivity index (χ4n) is 5.22. The fourth-order valence-corrected chi connectivity index (χ4v) is 5.22. The van der Waals surface area contributed by atoms with Crippen LogP contribution in [-0.4, -0.2) is 10.4 Å². The third kappa shape index (κ3) is 6.57. The predicted molar refractivity (Wildman–Crippen MR) is 155 cm³/mol. The lowest BCUT2D eigenvalue weighted by molar-refractivity contribution is -0.117. The van der Waals surface area contributed by atoms with Crippen molar-refractivity contribution in [1.82, 2.24) is 9.88 Å². The normalized spacial score (nSPS) is 16.0. The Balaban J connectivity index is 0.000000205. The molecule has 3 aromatic rings. The molecular weight excluding hydrogens is 440 g/mol. The number of fused-ring (bicyclic) bond motifs is 2. The number of allylic oxidation sites excluding steroid dienone is 2.